The van der Waals surface area contributed by atoms with Crippen LogP contribution in [0.3, 0.4) is 0 Å². The van der Waals surface area contributed by atoms with Gasteiger partial charge in [-0.2, -0.15) is 0 Å². The number of anilines is 2. The van der Waals surface area contributed by atoms with Gasteiger partial charge in [-0.3, -0.25) is 0 Å². The van der Waals surface area contributed by atoms with Crippen molar-refractivity contribution in [3.8, 4) is 0 Å². The van der Waals surface area contributed by atoms with Gasteiger partial charge >= 0.3 is 0 Å². The van der Waals surface area contributed by atoms with Crippen molar-refractivity contribution in [2.75, 3.05) is 11.1 Å². The zero-order chi connectivity index (χ0) is 14.1. The van der Waals surface area contributed by atoms with Crippen LogP contribution in [0.1, 0.15) is 24.6 Å². The highest BCUT2D eigenvalue weighted by Crippen LogP contribution is 2.23. The van der Waals surface area contributed by atoms with Crippen molar-refractivity contribution in [2.45, 2.75) is 19.9 Å². The molecule has 102 valence electrons. The number of nitrogens with one attached hydrogen (secondary N) is 1. The Morgan fingerprint density at radius 1 is 1.20 bits per heavy atom. The number of nitrogens with two attached hydrogens (primary N) is 1. The number of nitrogen functional groups attached to an aromatic ring is 1. The molecular weight excluding hydrogens is 254 g/mol. The van der Waals surface area contributed by atoms with E-state index in [2.05, 4.69) is 20.3 Å². The van der Waals surface area contributed by atoms with Crippen LogP contribution in [0.2, 0.25) is 0 Å². The lowest BCUT2D eigenvalue weighted by atomic mass is 10.3. The van der Waals surface area contributed by atoms with Crippen molar-refractivity contribution in [3.05, 3.63) is 42.1 Å². The first kappa shape index (κ1) is 12.4. The van der Waals surface area contributed by atoms with Crippen molar-refractivity contribution in [1.82, 2.24) is 15.0 Å². The number of aryl methyl sites for hydroxylation is 1. The van der Waals surface area contributed by atoms with Gasteiger partial charge in [-0.15, -0.1) is 0 Å². The van der Waals surface area contributed by atoms with Crippen molar-refractivity contribution in [1.29, 1.82) is 0 Å². The third-order valence-electron chi connectivity index (χ3n) is 2.96. The van der Waals surface area contributed by atoms with E-state index in [4.69, 9.17) is 10.2 Å². The zero-order valence-corrected chi connectivity index (χ0v) is 11.3. The maximum Gasteiger partial charge on any atom is 0.216 e. The first-order valence-corrected chi connectivity index (χ1v) is 6.34. The summed E-state index contributed by atoms with van der Waals surface area (Å²) >= 11 is 0. The lowest BCUT2D eigenvalue weighted by Gasteiger charge is -2.13. The number of hydrogen-bond acceptors (Lipinski definition) is 6. The number of aromatic nitrogens is 3. The molecule has 1 atom stereocenters. The van der Waals surface area contributed by atoms with Crippen LogP contribution in [0.15, 0.2) is 34.9 Å². The van der Waals surface area contributed by atoms with E-state index in [1.54, 1.807) is 6.20 Å². The molecule has 0 amide bonds. The minimum atomic E-state index is -0.138. The van der Waals surface area contributed by atoms with Gasteiger partial charge < -0.3 is 15.5 Å². The minimum absolute atomic E-state index is 0.138. The van der Waals surface area contributed by atoms with E-state index >= 15 is 0 Å². The Morgan fingerprint density at radius 3 is 2.55 bits per heavy atom. The molecule has 0 saturated carbocycles. The highest BCUT2D eigenvalue weighted by molar-refractivity contribution is 5.79. The highest BCUT2D eigenvalue weighted by Gasteiger charge is 2.14. The number of nitrogens with zero attached hydrogens (tertiary/aromatic N) is 3. The fourth-order valence-electron chi connectivity index (χ4n) is 1.96. The average molecular weight is 269 g/mol. The number of benzene rings is 1. The maximum atomic E-state index is 5.93. The van der Waals surface area contributed by atoms with Gasteiger partial charge in [0.2, 0.25) is 5.89 Å². The largest absolute Gasteiger partial charge is 0.444 e. The summed E-state index contributed by atoms with van der Waals surface area (Å²) in [6.45, 7) is 3.79. The molecule has 0 aliphatic rings. The summed E-state index contributed by atoms with van der Waals surface area (Å²) in [5, 5.41) is 3.18. The summed E-state index contributed by atoms with van der Waals surface area (Å²) in [6.07, 6.45) is 1.68. The van der Waals surface area contributed by atoms with Crippen molar-refractivity contribution in [3.63, 3.8) is 0 Å². The molecule has 3 aromatic rings. The van der Waals surface area contributed by atoms with Gasteiger partial charge in [0.25, 0.3) is 0 Å². The van der Waals surface area contributed by atoms with Crippen LogP contribution in [-0.2, 0) is 0 Å². The first-order chi connectivity index (χ1) is 9.63. The zero-order valence-electron chi connectivity index (χ0n) is 11.3. The van der Waals surface area contributed by atoms with Gasteiger partial charge in [0, 0.05) is 0 Å². The van der Waals surface area contributed by atoms with Gasteiger partial charge in [-0.25, -0.2) is 15.0 Å². The van der Waals surface area contributed by atoms with Crippen molar-refractivity contribution in [2.24, 2.45) is 0 Å². The molecule has 0 radical (unpaired) electrons. The van der Waals surface area contributed by atoms with Crippen LogP contribution in [0.5, 0.6) is 0 Å². The Balaban J connectivity index is 1.92. The summed E-state index contributed by atoms with van der Waals surface area (Å²) in [7, 11) is 0. The molecule has 6 heteroatoms. The average Bonchev–Trinajstić information content (AvgIpc) is 2.86. The van der Waals surface area contributed by atoms with Crippen LogP contribution >= 0.6 is 0 Å². The molecule has 3 rings (SSSR count). The molecular formula is C14H15N5O. The molecule has 1 aromatic carbocycles. The van der Waals surface area contributed by atoms with Gasteiger partial charge in [0.15, 0.2) is 11.6 Å². The molecule has 2 heterocycles. The van der Waals surface area contributed by atoms with Crippen LogP contribution < -0.4 is 11.1 Å². The van der Waals surface area contributed by atoms with Crippen LogP contribution in [0.25, 0.3) is 11.0 Å². The third-order valence-corrected chi connectivity index (χ3v) is 2.96. The molecule has 0 fully saturated rings. The molecule has 0 aliphatic carbocycles. The SMILES string of the molecule is Cc1cnc(C(C)Nc2nc3ccccc3nc2N)o1. The predicted octanol–water partition coefficient (Wildman–Crippen LogP) is 2.68. The molecule has 0 bridgehead atoms. The molecule has 2 aromatic heterocycles. The van der Waals surface area contributed by atoms with E-state index in [1.165, 1.54) is 0 Å². The third kappa shape index (κ3) is 2.27. The highest BCUT2D eigenvalue weighted by atomic mass is 16.4. The standard InChI is InChI=1S/C14H15N5O/c1-8-7-16-14(20-8)9(2)17-13-12(15)18-10-5-3-4-6-11(10)19-13/h3-7,9H,1-2H3,(H2,15,18)(H,17,19). The Kier molecular flexibility index (Phi) is 2.98. The number of hydrogen-bond donors (Lipinski definition) is 2. The predicted molar refractivity (Wildman–Crippen MR) is 77.2 cm³/mol. The fourth-order valence-corrected chi connectivity index (χ4v) is 1.96. The summed E-state index contributed by atoms with van der Waals surface area (Å²) in [5.74, 6) is 2.26. The van der Waals surface area contributed by atoms with Gasteiger partial charge in [-0.05, 0) is 26.0 Å². The molecule has 6 nitrogen and oxygen atoms in total. The Morgan fingerprint density at radius 2 is 1.90 bits per heavy atom. The monoisotopic (exact) mass is 269 g/mol. The van der Waals surface area contributed by atoms with Gasteiger partial charge in [-0.1, -0.05) is 12.1 Å². The maximum absolute atomic E-state index is 5.93. The normalized spacial score (nSPS) is 12.5. The van der Waals surface area contributed by atoms with Crippen LogP contribution in [0.4, 0.5) is 11.6 Å². The van der Waals surface area contributed by atoms with Crippen LogP contribution in [0, 0.1) is 6.92 Å². The first-order valence-electron chi connectivity index (χ1n) is 6.34. The second kappa shape index (κ2) is 4.80. The number of para-hydroxylation sites is 2. The van der Waals surface area contributed by atoms with E-state index in [0.29, 0.717) is 17.5 Å². The Labute approximate surface area is 116 Å². The van der Waals surface area contributed by atoms with E-state index in [0.717, 1.165) is 16.8 Å². The molecule has 3 N–H and O–H groups in total. The Bertz CT molecular complexity index is 752. The van der Waals surface area contributed by atoms with E-state index in [9.17, 15) is 0 Å². The topological polar surface area (TPSA) is 89.9 Å². The van der Waals surface area contributed by atoms with Gasteiger partial charge in [0.1, 0.15) is 11.8 Å². The van der Waals surface area contributed by atoms with Gasteiger partial charge in [0.05, 0.1) is 17.2 Å². The number of oxazole rings is 1. The van der Waals surface area contributed by atoms with E-state index in [-0.39, 0.29) is 6.04 Å². The molecule has 20 heavy (non-hydrogen) atoms. The van der Waals surface area contributed by atoms with E-state index < -0.39 is 0 Å². The molecule has 0 saturated heterocycles. The smallest absolute Gasteiger partial charge is 0.216 e. The number of fused-ring (bicyclic) bond motifs is 1. The summed E-state index contributed by atoms with van der Waals surface area (Å²) in [4.78, 5) is 13.0. The van der Waals surface area contributed by atoms with Crippen molar-refractivity contribution < 1.29 is 4.42 Å². The second-order valence-corrected chi connectivity index (χ2v) is 4.62. The minimum Gasteiger partial charge on any atom is -0.444 e. The second-order valence-electron chi connectivity index (χ2n) is 4.62. The quantitative estimate of drug-likeness (QED) is 0.759. The molecule has 0 aliphatic heterocycles. The Hall–Kier alpha value is -2.63. The molecule has 0 spiro atoms. The summed E-state index contributed by atoms with van der Waals surface area (Å²) < 4.78 is 5.48. The lowest BCUT2D eigenvalue weighted by molar-refractivity contribution is 0.453. The lowest BCUT2D eigenvalue weighted by Crippen LogP contribution is -2.11. The fraction of sp³-hybridized carbons (Fsp3) is 0.214. The summed E-state index contributed by atoms with van der Waals surface area (Å²) in [5.41, 5.74) is 7.50. The van der Waals surface area contributed by atoms with Crippen molar-refractivity contribution >= 4 is 22.7 Å². The van der Waals surface area contributed by atoms with E-state index in [1.807, 2.05) is 38.1 Å². The molecule has 1 unspecified atom stereocenters. The van der Waals surface area contributed by atoms with Crippen LogP contribution in [-0.4, -0.2) is 15.0 Å². The summed E-state index contributed by atoms with van der Waals surface area (Å²) in [6, 6.07) is 7.46. The number of rotatable bonds is 3.